The normalized spacial score (nSPS) is 11.6. The van der Waals surface area contributed by atoms with Crippen molar-refractivity contribution in [2.24, 2.45) is 0 Å². The number of benzene rings is 2. The minimum atomic E-state index is -0.493. The predicted molar refractivity (Wildman–Crippen MR) is 112 cm³/mol. The maximum atomic E-state index is 11.0. The van der Waals surface area contributed by atoms with Crippen LogP contribution in [0, 0.1) is 6.92 Å². The van der Waals surface area contributed by atoms with Crippen LogP contribution in [0.1, 0.15) is 45.2 Å². The average Bonchev–Trinajstić information content (AvgIpc) is 2.65. The zero-order chi connectivity index (χ0) is 21.0. The van der Waals surface area contributed by atoms with E-state index in [1.807, 2.05) is 37.3 Å². The largest absolute Gasteiger partial charge is 0.489 e. The number of aliphatic hydroxyl groups is 1. The molecule has 2 aromatic rings. The Morgan fingerprint density at radius 3 is 2.21 bits per heavy atom. The summed E-state index contributed by atoms with van der Waals surface area (Å²) < 4.78 is 10.6. The Morgan fingerprint density at radius 1 is 1.07 bits per heavy atom. The van der Waals surface area contributed by atoms with Crippen molar-refractivity contribution in [1.82, 2.24) is 5.32 Å². The van der Waals surface area contributed by atoms with Crippen LogP contribution in [0.3, 0.4) is 0 Å². The van der Waals surface area contributed by atoms with Crippen LogP contribution in [0.2, 0.25) is 0 Å². The van der Waals surface area contributed by atoms with Crippen molar-refractivity contribution in [1.29, 1.82) is 0 Å². The van der Waals surface area contributed by atoms with Gasteiger partial charge in [0.1, 0.15) is 18.0 Å². The number of carbonyl (C=O) groups is 1. The first kappa shape index (κ1) is 23.5. The fourth-order valence-electron chi connectivity index (χ4n) is 2.04. The number of ether oxygens (including phenoxy) is 2. The summed E-state index contributed by atoms with van der Waals surface area (Å²) in [5, 5.41) is 11.6. The summed E-state index contributed by atoms with van der Waals surface area (Å²) >= 11 is 0. The lowest BCUT2D eigenvalue weighted by Gasteiger charge is -2.20. The van der Waals surface area contributed by atoms with Crippen LogP contribution in [-0.2, 0) is 11.3 Å². The lowest BCUT2D eigenvalue weighted by Crippen LogP contribution is -2.36. The molecule has 5 heteroatoms. The molecule has 0 heterocycles. The van der Waals surface area contributed by atoms with Crippen LogP contribution >= 0.6 is 0 Å². The Bertz CT molecular complexity index is 678. The maximum absolute atomic E-state index is 11.0. The van der Waals surface area contributed by atoms with Gasteiger partial charge in [0, 0.05) is 6.54 Å². The van der Waals surface area contributed by atoms with Crippen molar-refractivity contribution < 1.29 is 19.4 Å². The molecule has 0 unspecified atom stereocenters. The molecule has 0 aliphatic carbocycles. The van der Waals surface area contributed by atoms with Crippen LogP contribution in [-0.4, -0.2) is 29.4 Å². The van der Waals surface area contributed by atoms with Gasteiger partial charge in [-0.2, -0.15) is 0 Å². The minimum Gasteiger partial charge on any atom is -0.489 e. The lowest BCUT2D eigenvalue weighted by molar-refractivity contribution is 0.0490. The zero-order valence-corrected chi connectivity index (χ0v) is 17.6. The third-order valence-electron chi connectivity index (χ3n) is 3.62. The van der Waals surface area contributed by atoms with E-state index in [1.165, 1.54) is 11.1 Å². The Balaban J connectivity index is 0.000000284. The van der Waals surface area contributed by atoms with Gasteiger partial charge in [-0.3, -0.25) is 0 Å². The number of carbonyl (C=O) groups excluding carboxylic acids is 1. The summed E-state index contributed by atoms with van der Waals surface area (Å²) in [7, 11) is 0. The molecule has 0 fully saturated rings. The zero-order valence-electron chi connectivity index (χ0n) is 17.6. The molecular weight excluding hydrogens is 354 g/mol. The Hall–Kier alpha value is -2.53. The number of aliphatic hydroxyl groups excluding tert-OH is 1. The van der Waals surface area contributed by atoms with E-state index >= 15 is 0 Å². The van der Waals surface area contributed by atoms with Gasteiger partial charge in [-0.15, -0.1) is 0 Å². The van der Waals surface area contributed by atoms with E-state index in [0.29, 0.717) is 13.0 Å². The summed E-state index contributed by atoms with van der Waals surface area (Å²) in [6, 6.07) is 18.3. The number of nitrogens with one attached hydrogen (secondary N) is 1. The lowest BCUT2D eigenvalue weighted by atomic mass is 10.2. The molecule has 1 amide bonds. The van der Waals surface area contributed by atoms with Crippen LogP contribution < -0.4 is 10.1 Å². The number of aryl methyl sites for hydroxylation is 1. The van der Waals surface area contributed by atoms with Crippen LogP contribution in [0.25, 0.3) is 0 Å². The second-order valence-electron chi connectivity index (χ2n) is 7.53. The highest BCUT2D eigenvalue weighted by Crippen LogP contribution is 2.13. The number of rotatable bonds is 6. The molecule has 0 aliphatic rings. The summed E-state index contributed by atoms with van der Waals surface area (Å²) in [5.74, 6) is 0.921. The first-order valence-electron chi connectivity index (χ1n) is 9.58. The minimum absolute atomic E-state index is 0.241. The number of amides is 1. The van der Waals surface area contributed by atoms with Gasteiger partial charge >= 0.3 is 6.09 Å². The molecule has 0 saturated heterocycles. The van der Waals surface area contributed by atoms with Crippen molar-refractivity contribution in [2.45, 2.75) is 59.4 Å². The molecule has 1 atom stereocenters. The summed E-state index contributed by atoms with van der Waals surface area (Å²) in [6.07, 6.45) is -0.358. The summed E-state index contributed by atoms with van der Waals surface area (Å²) in [6.45, 7) is 10.2. The predicted octanol–water partition coefficient (Wildman–Crippen LogP) is 4.86. The molecule has 5 nitrogen and oxygen atoms in total. The monoisotopic (exact) mass is 387 g/mol. The molecule has 0 radical (unpaired) electrons. The number of alkyl carbamates (subject to hydrolysis) is 1. The van der Waals surface area contributed by atoms with Crippen molar-refractivity contribution in [3.8, 4) is 5.75 Å². The van der Waals surface area contributed by atoms with Crippen LogP contribution in [0.15, 0.2) is 54.6 Å². The Kier molecular flexibility index (Phi) is 10.1. The van der Waals surface area contributed by atoms with Crippen molar-refractivity contribution in [3.05, 3.63) is 65.7 Å². The molecule has 0 aromatic heterocycles. The molecule has 28 heavy (non-hydrogen) atoms. The Morgan fingerprint density at radius 2 is 1.68 bits per heavy atom. The Labute approximate surface area is 168 Å². The first-order valence-corrected chi connectivity index (χ1v) is 9.58. The molecular formula is C23H33NO4. The fraction of sp³-hybridized carbons (Fsp3) is 0.435. The third-order valence-corrected chi connectivity index (χ3v) is 3.62. The second kappa shape index (κ2) is 12.0. The summed E-state index contributed by atoms with van der Waals surface area (Å²) in [5.41, 5.74) is 1.96. The third kappa shape index (κ3) is 11.2. The van der Waals surface area contributed by atoms with Gasteiger partial charge in [-0.1, -0.05) is 55.0 Å². The van der Waals surface area contributed by atoms with E-state index in [1.54, 1.807) is 20.8 Å². The van der Waals surface area contributed by atoms with Gasteiger partial charge < -0.3 is 19.9 Å². The standard InChI is InChI=1S/C14H14O.C9H19NO3/c1-12-7-9-14(10-8-12)15-11-13-5-3-2-4-6-13;1-5-7(11)6-10-8(12)13-9(2,3)4/h2-10H,11H2,1H3;7,11H,5-6H2,1-4H3,(H,10,12)/t;7-/m.0/s1. The highest BCUT2D eigenvalue weighted by molar-refractivity contribution is 5.67. The molecule has 154 valence electrons. The smallest absolute Gasteiger partial charge is 0.407 e. The van der Waals surface area contributed by atoms with Gasteiger partial charge in [-0.25, -0.2) is 4.79 Å². The van der Waals surface area contributed by atoms with E-state index in [9.17, 15) is 4.79 Å². The van der Waals surface area contributed by atoms with Gasteiger partial charge in [0.2, 0.25) is 0 Å². The van der Waals surface area contributed by atoms with Gasteiger partial charge in [0.15, 0.2) is 0 Å². The average molecular weight is 388 g/mol. The molecule has 2 rings (SSSR count). The number of hydrogen-bond donors (Lipinski definition) is 2. The number of hydrogen-bond acceptors (Lipinski definition) is 4. The fourth-order valence-corrected chi connectivity index (χ4v) is 2.04. The molecule has 0 spiro atoms. The van der Waals surface area contributed by atoms with Crippen molar-refractivity contribution in [2.75, 3.05) is 6.54 Å². The van der Waals surface area contributed by atoms with E-state index in [4.69, 9.17) is 14.6 Å². The highest BCUT2D eigenvalue weighted by atomic mass is 16.6. The second-order valence-corrected chi connectivity index (χ2v) is 7.53. The maximum Gasteiger partial charge on any atom is 0.407 e. The molecule has 0 aliphatic heterocycles. The highest BCUT2D eigenvalue weighted by Gasteiger charge is 2.16. The molecule has 0 bridgehead atoms. The SMILES string of the molecule is CC[C@H](O)CNC(=O)OC(C)(C)C.Cc1ccc(OCc2ccccc2)cc1. The van der Waals surface area contributed by atoms with E-state index in [0.717, 1.165) is 5.75 Å². The van der Waals surface area contributed by atoms with Gasteiger partial charge in [-0.05, 0) is 51.8 Å². The van der Waals surface area contributed by atoms with E-state index in [2.05, 4.69) is 36.5 Å². The van der Waals surface area contributed by atoms with Crippen LogP contribution in [0.4, 0.5) is 4.79 Å². The molecule has 2 aromatic carbocycles. The van der Waals surface area contributed by atoms with Crippen LogP contribution in [0.5, 0.6) is 5.75 Å². The van der Waals surface area contributed by atoms with Crippen molar-refractivity contribution in [3.63, 3.8) is 0 Å². The van der Waals surface area contributed by atoms with Crippen molar-refractivity contribution >= 4 is 6.09 Å². The van der Waals surface area contributed by atoms with Gasteiger partial charge in [0.05, 0.1) is 6.10 Å². The topological polar surface area (TPSA) is 67.8 Å². The molecule has 0 saturated carbocycles. The molecule has 2 N–H and O–H groups in total. The van der Waals surface area contributed by atoms with E-state index < -0.39 is 17.8 Å². The van der Waals surface area contributed by atoms with Gasteiger partial charge in [0.25, 0.3) is 0 Å². The quantitative estimate of drug-likeness (QED) is 0.743. The van der Waals surface area contributed by atoms with E-state index in [-0.39, 0.29) is 6.54 Å². The summed E-state index contributed by atoms with van der Waals surface area (Å²) in [4.78, 5) is 11.0. The first-order chi connectivity index (χ1) is 13.2.